The van der Waals surface area contributed by atoms with Gasteiger partial charge in [0.05, 0.1) is 12.5 Å². The zero-order chi connectivity index (χ0) is 20.4. The molecule has 1 saturated heterocycles. The van der Waals surface area contributed by atoms with Crippen molar-refractivity contribution in [3.05, 3.63) is 63.9 Å². The van der Waals surface area contributed by atoms with Crippen molar-refractivity contribution in [1.29, 1.82) is 0 Å². The summed E-state index contributed by atoms with van der Waals surface area (Å²) in [5.74, 6) is 0.107. The Bertz CT molecular complexity index is 892. The second-order valence-corrected chi connectivity index (χ2v) is 9.00. The van der Waals surface area contributed by atoms with Gasteiger partial charge in [-0.3, -0.25) is 9.69 Å². The summed E-state index contributed by atoms with van der Waals surface area (Å²) in [5.41, 5.74) is 1.70. The number of amides is 1. The van der Waals surface area contributed by atoms with Crippen LogP contribution in [0.1, 0.15) is 36.8 Å². The lowest BCUT2D eigenvalue weighted by Gasteiger charge is -2.33. The molecule has 4 nitrogen and oxygen atoms in total. The molecule has 2 aromatic carbocycles. The fourth-order valence-corrected chi connectivity index (χ4v) is 4.58. The van der Waals surface area contributed by atoms with E-state index in [9.17, 15) is 9.18 Å². The average molecular weight is 461 g/mol. The lowest BCUT2D eigenvalue weighted by Crippen LogP contribution is -2.47. The minimum atomic E-state index is -0.346. The van der Waals surface area contributed by atoms with Crippen LogP contribution in [-0.4, -0.2) is 37.0 Å². The van der Waals surface area contributed by atoms with Gasteiger partial charge in [0.1, 0.15) is 0 Å². The number of nitrogens with zero attached hydrogens (tertiary/aromatic N) is 1. The summed E-state index contributed by atoms with van der Waals surface area (Å²) < 4.78 is 19.9. The first kappa shape index (κ1) is 20.4. The molecular weight excluding hydrogens is 435 g/mol. The lowest BCUT2D eigenvalue weighted by molar-refractivity contribution is -0.124. The second kappa shape index (κ2) is 8.44. The number of methoxy groups -OCH3 is 1. The molecule has 0 atom stereocenters. The molecule has 2 fully saturated rings. The molecule has 1 saturated carbocycles. The average Bonchev–Trinajstić information content (AvgIpc) is 3.52. The van der Waals surface area contributed by atoms with Crippen LogP contribution in [0.5, 0.6) is 5.75 Å². The smallest absolute Gasteiger partial charge is 0.230 e. The zero-order valence-electron chi connectivity index (χ0n) is 16.6. The van der Waals surface area contributed by atoms with Crippen molar-refractivity contribution in [3.8, 4) is 5.75 Å². The molecule has 0 spiro atoms. The van der Waals surface area contributed by atoms with Gasteiger partial charge in [-0.05, 0) is 61.1 Å². The van der Waals surface area contributed by atoms with Gasteiger partial charge in [0, 0.05) is 30.1 Å². The highest BCUT2D eigenvalue weighted by Crippen LogP contribution is 2.49. The largest absolute Gasteiger partial charge is 0.494 e. The molecule has 4 rings (SSSR count). The van der Waals surface area contributed by atoms with E-state index in [-0.39, 0.29) is 28.9 Å². The summed E-state index contributed by atoms with van der Waals surface area (Å²) in [6, 6.07) is 13.4. The number of halogens is 2. The Labute approximate surface area is 179 Å². The normalized spacial score (nSPS) is 19.0. The summed E-state index contributed by atoms with van der Waals surface area (Å²) in [4.78, 5) is 15.3. The maximum atomic E-state index is 13.9. The Hall–Kier alpha value is -1.92. The van der Waals surface area contributed by atoms with E-state index in [1.54, 1.807) is 12.1 Å². The number of carbonyl (C=O) groups excluding carboxylic acids is 1. The van der Waals surface area contributed by atoms with Crippen LogP contribution in [0.15, 0.2) is 46.9 Å². The maximum absolute atomic E-state index is 13.9. The number of hydrogen-bond donors (Lipinski definition) is 1. The van der Waals surface area contributed by atoms with Gasteiger partial charge in [-0.2, -0.15) is 0 Å². The van der Waals surface area contributed by atoms with Gasteiger partial charge >= 0.3 is 0 Å². The summed E-state index contributed by atoms with van der Waals surface area (Å²) in [6.07, 6.45) is 3.66. The molecule has 29 heavy (non-hydrogen) atoms. The highest BCUT2D eigenvalue weighted by Gasteiger charge is 2.51. The van der Waals surface area contributed by atoms with Crippen molar-refractivity contribution < 1.29 is 13.9 Å². The summed E-state index contributed by atoms with van der Waals surface area (Å²) in [6.45, 7) is 2.49. The van der Waals surface area contributed by atoms with E-state index in [0.29, 0.717) is 6.54 Å². The summed E-state index contributed by atoms with van der Waals surface area (Å²) in [7, 11) is 1.47. The number of ether oxygens (including phenoxy) is 1. The summed E-state index contributed by atoms with van der Waals surface area (Å²) in [5, 5.41) is 3.29. The Morgan fingerprint density at radius 1 is 1.24 bits per heavy atom. The van der Waals surface area contributed by atoms with Crippen LogP contribution in [0.2, 0.25) is 0 Å². The van der Waals surface area contributed by atoms with Crippen LogP contribution in [0, 0.1) is 5.82 Å². The number of nitrogens with one attached hydrogen (secondary N) is 1. The van der Waals surface area contributed by atoms with E-state index in [4.69, 9.17) is 4.74 Å². The SMILES string of the molecule is COc1ccc(CN2CCC(NC(=O)C3(c4cccc(Br)c4)CC3)CC2)cc1F. The van der Waals surface area contributed by atoms with Crippen LogP contribution < -0.4 is 10.1 Å². The Morgan fingerprint density at radius 3 is 2.62 bits per heavy atom. The molecule has 6 heteroatoms. The number of hydrogen-bond acceptors (Lipinski definition) is 3. The molecule has 154 valence electrons. The first-order chi connectivity index (χ1) is 14.0. The first-order valence-electron chi connectivity index (χ1n) is 10.1. The molecule has 0 aromatic heterocycles. The minimum absolute atomic E-state index is 0.159. The molecular formula is C23H26BrFN2O2. The molecule has 0 bridgehead atoms. The quantitative estimate of drug-likeness (QED) is 0.693. The van der Waals surface area contributed by atoms with E-state index < -0.39 is 0 Å². The third-order valence-corrected chi connectivity index (χ3v) is 6.60. The molecule has 1 N–H and O–H groups in total. The predicted molar refractivity (Wildman–Crippen MR) is 114 cm³/mol. The number of rotatable bonds is 6. The van der Waals surface area contributed by atoms with Crippen molar-refractivity contribution in [2.75, 3.05) is 20.2 Å². The van der Waals surface area contributed by atoms with Gasteiger partial charge in [0.25, 0.3) is 0 Å². The monoisotopic (exact) mass is 460 g/mol. The van der Waals surface area contributed by atoms with E-state index in [1.165, 1.54) is 7.11 Å². The minimum Gasteiger partial charge on any atom is -0.494 e. The summed E-state index contributed by atoms with van der Waals surface area (Å²) >= 11 is 3.51. The highest BCUT2D eigenvalue weighted by molar-refractivity contribution is 9.10. The van der Waals surface area contributed by atoms with Crippen LogP contribution in [0.3, 0.4) is 0 Å². The molecule has 2 aliphatic rings. The number of benzene rings is 2. The molecule has 0 radical (unpaired) electrons. The molecule has 0 unspecified atom stereocenters. The van der Waals surface area contributed by atoms with E-state index >= 15 is 0 Å². The van der Waals surface area contributed by atoms with E-state index in [0.717, 1.165) is 54.4 Å². The van der Waals surface area contributed by atoms with Gasteiger partial charge in [-0.1, -0.05) is 34.1 Å². The van der Waals surface area contributed by atoms with Gasteiger partial charge in [-0.25, -0.2) is 4.39 Å². The van der Waals surface area contributed by atoms with E-state index in [2.05, 4.69) is 32.2 Å². The van der Waals surface area contributed by atoms with Crippen LogP contribution >= 0.6 is 15.9 Å². The molecule has 1 aliphatic carbocycles. The second-order valence-electron chi connectivity index (χ2n) is 8.09. The van der Waals surface area contributed by atoms with Gasteiger partial charge < -0.3 is 10.1 Å². The first-order valence-corrected chi connectivity index (χ1v) is 10.9. The topological polar surface area (TPSA) is 41.6 Å². The van der Waals surface area contributed by atoms with Gasteiger partial charge in [0.2, 0.25) is 5.91 Å². The highest BCUT2D eigenvalue weighted by atomic mass is 79.9. The number of likely N-dealkylation sites (tertiary alicyclic amines) is 1. The Kier molecular flexibility index (Phi) is 5.93. The van der Waals surface area contributed by atoms with Crippen LogP contribution in [0.4, 0.5) is 4.39 Å². The molecule has 2 aromatic rings. The fraction of sp³-hybridized carbons (Fsp3) is 0.435. The molecule has 1 aliphatic heterocycles. The maximum Gasteiger partial charge on any atom is 0.230 e. The lowest BCUT2D eigenvalue weighted by atomic mass is 9.94. The van der Waals surface area contributed by atoms with Crippen molar-refractivity contribution >= 4 is 21.8 Å². The number of piperidine rings is 1. The van der Waals surface area contributed by atoms with Crippen LogP contribution in [0.25, 0.3) is 0 Å². The van der Waals surface area contributed by atoms with Crippen molar-refractivity contribution in [3.63, 3.8) is 0 Å². The van der Waals surface area contributed by atoms with Crippen molar-refractivity contribution in [1.82, 2.24) is 10.2 Å². The Balaban J connectivity index is 1.30. The third-order valence-electron chi connectivity index (χ3n) is 6.11. The molecule has 1 heterocycles. The predicted octanol–water partition coefficient (Wildman–Crippen LogP) is 4.41. The zero-order valence-corrected chi connectivity index (χ0v) is 18.2. The molecule has 1 amide bonds. The van der Waals surface area contributed by atoms with Crippen molar-refractivity contribution in [2.24, 2.45) is 0 Å². The Morgan fingerprint density at radius 2 is 2.00 bits per heavy atom. The van der Waals surface area contributed by atoms with Crippen LogP contribution in [-0.2, 0) is 16.8 Å². The van der Waals surface area contributed by atoms with Gasteiger partial charge in [0.15, 0.2) is 11.6 Å². The van der Waals surface area contributed by atoms with Crippen molar-refractivity contribution in [2.45, 2.75) is 43.7 Å². The van der Waals surface area contributed by atoms with Gasteiger partial charge in [-0.15, -0.1) is 0 Å². The fourth-order valence-electron chi connectivity index (χ4n) is 4.18. The standard InChI is InChI=1S/C23H26BrFN2O2/c1-29-21-6-5-16(13-20(21)25)15-27-11-7-19(8-12-27)26-22(28)23(9-10-23)17-3-2-4-18(24)14-17/h2-6,13-14,19H,7-12,15H2,1H3,(H,26,28). The number of carbonyl (C=O) groups is 1. The van der Waals surface area contributed by atoms with E-state index in [1.807, 2.05) is 24.3 Å². The third kappa shape index (κ3) is 4.48.